The molecule has 0 aromatic carbocycles. The lowest BCUT2D eigenvalue weighted by Gasteiger charge is -2.05. The molecule has 120 valence electrons. The van der Waals surface area contributed by atoms with Gasteiger partial charge in [-0.3, -0.25) is 4.79 Å². The molecule has 0 aliphatic rings. The number of amides is 1. The highest BCUT2D eigenvalue weighted by Crippen LogP contribution is 2.12. The second kappa shape index (κ2) is 14.8. The average Bonchev–Trinajstić information content (AvgIpc) is 2.38. The van der Waals surface area contributed by atoms with Crippen LogP contribution in [0.15, 0.2) is 0 Å². The van der Waals surface area contributed by atoms with Gasteiger partial charge in [-0.05, 0) is 12.3 Å². The number of primary amides is 1. The number of ether oxygens (including phenoxy) is 1. The standard InChI is InChI=1S/C17H35NO2/c1-16(2)12-10-8-6-4-3-5-7-9-11-14-20-15-13-17(18)19/h16H,3-15H2,1-2H3,(H2,18,19). The van der Waals surface area contributed by atoms with Gasteiger partial charge in [-0.15, -0.1) is 0 Å². The van der Waals surface area contributed by atoms with E-state index < -0.39 is 0 Å². The Balaban J connectivity index is 2.97. The van der Waals surface area contributed by atoms with E-state index in [1.165, 1.54) is 57.8 Å². The van der Waals surface area contributed by atoms with Crippen LogP contribution in [0.1, 0.15) is 84.5 Å². The number of unbranched alkanes of at least 4 members (excludes halogenated alkanes) is 8. The minimum absolute atomic E-state index is 0.279. The highest BCUT2D eigenvalue weighted by atomic mass is 16.5. The van der Waals surface area contributed by atoms with Crippen LogP contribution in [-0.4, -0.2) is 19.1 Å². The van der Waals surface area contributed by atoms with E-state index in [9.17, 15) is 4.79 Å². The molecule has 0 aromatic heterocycles. The molecule has 2 N–H and O–H groups in total. The Morgan fingerprint density at radius 3 is 1.85 bits per heavy atom. The summed E-state index contributed by atoms with van der Waals surface area (Å²) in [5.41, 5.74) is 5.03. The van der Waals surface area contributed by atoms with Crippen LogP contribution < -0.4 is 5.73 Å². The Morgan fingerprint density at radius 2 is 1.35 bits per heavy atom. The van der Waals surface area contributed by atoms with Gasteiger partial charge in [0.2, 0.25) is 5.91 Å². The monoisotopic (exact) mass is 285 g/mol. The predicted octanol–water partition coefficient (Wildman–Crippen LogP) is 4.44. The fourth-order valence-electron chi connectivity index (χ4n) is 2.27. The lowest BCUT2D eigenvalue weighted by molar-refractivity contribution is -0.119. The summed E-state index contributed by atoms with van der Waals surface area (Å²) < 4.78 is 5.33. The van der Waals surface area contributed by atoms with Gasteiger partial charge >= 0.3 is 0 Å². The third-order valence-electron chi connectivity index (χ3n) is 3.56. The largest absolute Gasteiger partial charge is 0.381 e. The average molecular weight is 285 g/mol. The van der Waals surface area contributed by atoms with Crippen molar-refractivity contribution in [2.45, 2.75) is 84.5 Å². The highest BCUT2D eigenvalue weighted by molar-refractivity contribution is 5.73. The molecule has 0 spiro atoms. The molecule has 0 aliphatic heterocycles. The Morgan fingerprint density at radius 1 is 0.850 bits per heavy atom. The smallest absolute Gasteiger partial charge is 0.219 e. The van der Waals surface area contributed by atoms with Crippen LogP contribution in [0.25, 0.3) is 0 Å². The number of nitrogens with two attached hydrogens (primary N) is 1. The molecule has 0 unspecified atom stereocenters. The van der Waals surface area contributed by atoms with E-state index in [4.69, 9.17) is 10.5 Å². The quantitative estimate of drug-likeness (QED) is 0.452. The third kappa shape index (κ3) is 17.4. The number of hydrogen-bond donors (Lipinski definition) is 1. The fourth-order valence-corrected chi connectivity index (χ4v) is 2.27. The van der Waals surface area contributed by atoms with Crippen molar-refractivity contribution >= 4 is 5.91 Å². The first kappa shape index (κ1) is 19.4. The maximum absolute atomic E-state index is 10.5. The summed E-state index contributed by atoms with van der Waals surface area (Å²) in [6.45, 7) is 5.85. The van der Waals surface area contributed by atoms with Crippen molar-refractivity contribution < 1.29 is 9.53 Å². The first-order chi connectivity index (χ1) is 9.63. The number of carbonyl (C=O) groups excluding carboxylic acids is 1. The highest BCUT2D eigenvalue weighted by Gasteiger charge is 1.96. The van der Waals surface area contributed by atoms with Crippen molar-refractivity contribution in [1.82, 2.24) is 0 Å². The number of rotatable bonds is 15. The summed E-state index contributed by atoms with van der Waals surface area (Å²) in [5.74, 6) is 0.582. The number of carbonyl (C=O) groups is 1. The zero-order valence-electron chi connectivity index (χ0n) is 13.7. The lowest BCUT2D eigenvalue weighted by atomic mass is 10.0. The molecule has 20 heavy (non-hydrogen) atoms. The maximum Gasteiger partial charge on any atom is 0.219 e. The maximum atomic E-state index is 10.5. The summed E-state index contributed by atoms with van der Waals surface area (Å²) >= 11 is 0. The van der Waals surface area contributed by atoms with Crippen LogP contribution in [-0.2, 0) is 9.53 Å². The molecule has 0 saturated heterocycles. The van der Waals surface area contributed by atoms with E-state index in [1.54, 1.807) is 0 Å². The van der Waals surface area contributed by atoms with Crippen molar-refractivity contribution in [3.8, 4) is 0 Å². The summed E-state index contributed by atoms with van der Waals surface area (Å²) in [7, 11) is 0. The van der Waals surface area contributed by atoms with Gasteiger partial charge in [0.05, 0.1) is 6.61 Å². The SMILES string of the molecule is CC(C)CCCCCCCCCCCOCCC(N)=O. The summed E-state index contributed by atoms with van der Waals surface area (Å²) in [4.78, 5) is 10.5. The topological polar surface area (TPSA) is 52.3 Å². The molecule has 0 rings (SSSR count). The zero-order valence-corrected chi connectivity index (χ0v) is 13.7. The first-order valence-electron chi connectivity index (χ1n) is 8.49. The molecule has 0 saturated carbocycles. The molecule has 0 fully saturated rings. The zero-order chi connectivity index (χ0) is 15.1. The lowest BCUT2D eigenvalue weighted by Crippen LogP contribution is -2.13. The van der Waals surface area contributed by atoms with Gasteiger partial charge in [-0.25, -0.2) is 0 Å². The van der Waals surface area contributed by atoms with Gasteiger partial charge in [0, 0.05) is 13.0 Å². The molecule has 3 nitrogen and oxygen atoms in total. The van der Waals surface area contributed by atoms with Gasteiger partial charge in [-0.1, -0.05) is 71.6 Å². The van der Waals surface area contributed by atoms with E-state index in [2.05, 4.69) is 13.8 Å². The van der Waals surface area contributed by atoms with Gasteiger partial charge in [0.15, 0.2) is 0 Å². The third-order valence-corrected chi connectivity index (χ3v) is 3.56. The van der Waals surface area contributed by atoms with Crippen LogP contribution >= 0.6 is 0 Å². The minimum atomic E-state index is -0.279. The van der Waals surface area contributed by atoms with E-state index >= 15 is 0 Å². The van der Waals surface area contributed by atoms with Crippen LogP contribution in [0.2, 0.25) is 0 Å². The van der Waals surface area contributed by atoms with Gasteiger partial charge < -0.3 is 10.5 Å². The second-order valence-corrected chi connectivity index (χ2v) is 6.19. The van der Waals surface area contributed by atoms with Gasteiger partial charge in [-0.2, -0.15) is 0 Å². The van der Waals surface area contributed by atoms with Crippen molar-refractivity contribution in [2.75, 3.05) is 13.2 Å². The number of hydrogen-bond acceptors (Lipinski definition) is 2. The van der Waals surface area contributed by atoms with Gasteiger partial charge in [0.25, 0.3) is 0 Å². The van der Waals surface area contributed by atoms with Crippen LogP contribution in [0.4, 0.5) is 0 Å². The van der Waals surface area contributed by atoms with Crippen molar-refractivity contribution in [3.05, 3.63) is 0 Å². The minimum Gasteiger partial charge on any atom is -0.381 e. The summed E-state index contributed by atoms with van der Waals surface area (Å²) in [6, 6.07) is 0. The van der Waals surface area contributed by atoms with Crippen molar-refractivity contribution in [1.29, 1.82) is 0 Å². The molecule has 0 heterocycles. The summed E-state index contributed by atoms with van der Waals surface area (Å²) in [5, 5.41) is 0. The molecule has 0 radical (unpaired) electrons. The normalized spacial score (nSPS) is 11.2. The fraction of sp³-hybridized carbons (Fsp3) is 0.941. The molecule has 3 heteroatoms. The van der Waals surface area contributed by atoms with Crippen molar-refractivity contribution in [2.24, 2.45) is 11.7 Å². The van der Waals surface area contributed by atoms with Crippen molar-refractivity contribution in [3.63, 3.8) is 0 Å². The van der Waals surface area contributed by atoms with E-state index in [-0.39, 0.29) is 5.91 Å². The van der Waals surface area contributed by atoms with Crippen LogP contribution in [0, 0.1) is 5.92 Å². The molecular formula is C17H35NO2. The molecular weight excluding hydrogens is 250 g/mol. The van der Waals surface area contributed by atoms with E-state index in [0.717, 1.165) is 18.9 Å². The first-order valence-corrected chi connectivity index (χ1v) is 8.49. The van der Waals surface area contributed by atoms with Gasteiger partial charge in [0.1, 0.15) is 0 Å². The molecule has 0 aliphatic carbocycles. The molecule has 0 atom stereocenters. The summed E-state index contributed by atoms with van der Waals surface area (Å²) in [6.07, 6.45) is 13.7. The Bertz CT molecular complexity index is 217. The Labute approximate surface area is 125 Å². The predicted molar refractivity (Wildman–Crippen MR) is 85.6 cm³/mol. The van der Waals surface area contributed by atoms with E-state index in [1.807, 2.05) is 0 Å². The second-order valence-electron chi connectivity index (χ2n) is 6.19. The van der Waals surface area contributed by atoms with Crippen LogP contribution in [0.5, 0.6) is 0 Å². The molecule has 0 bridgehead atoms. The van der Waals surface area contributed by atoms with E-state index in [0.29, 0.717) is 13.0 Å². The Hall–Kier alpha value is -0.570. The Kier molecular flexibility index (Phi) is 14.4. The molecule has 0 aromatic rings. The molecule has 1 amide bonds. The van der Waals surface area contributed by atoms with Crippen LogP contribution in [0.3, 0.4) is 0 Å².